The first-order valence-corrected chi connectivity index (χ1v) is 6.12. The molecule has 2 aromatic rings. The van der Waals surface area contributed by atoms with Crippen LogP contribution in [0.3, 0.4) is 0 Å². The Hall–Kier alpha value is -2.56. The Bertz CT molecular complexity index is 644. The Balaban J connectivity index is 2.17. The maximum absolute atomic E-state index is 13.1. The van der Waals surface area contributed by atoms with E-state index in [4.69, 9.17) is 5.73 Å². The molecule has 0 aliphatic rings. The number of amides is 1. The minimum Gasteiger partial charge on any atom is -0.508 e. The monoisotopic (exact) mass is 274 g/mol. The maximum Gasteiger partial charge on any atom is 0.253 e. The molecule has 0 saturated carbocycles. The SMILES string of the molecule is CC(NC(=O)c1cc(O)ccc1N)c1cccc(F)c1. The maximum atomic E-state index is 13.1. The minimum absolute atomic E-state index is 0.0391. The Labute approximate surface area is 116 Å². The molecule has 1 atom stereocenters. The van der Waals surface area contributed by atoms with E-state index in [1.807, 2.05) is 0 Å². The van der Waals surface area contributed by atoms with Gasteiger partial charge in [0, 0.05) is 5.69 Å². The third-order valence-electron chi connectivity index (χ3n) is 2.98. The van der Waals surface area contributed by atoms with E-state index in [-0.39, 0.29) is 28.9 Å². The van der Waals surface area contributed by atoms with Gasteiger partial charge in [-0.25, -0.2) is 4.39 Å². The molecule has 4 N–H and O–H groups in total. The Morgan fingerprint density at radius 1 is 1.30 bits per heavy atom. The first-order valence-electron chi connectivity index (χ1n) is 6.12. The zero-order chi connectivity index (χ0) is 14.7. The van der Waals surface area contributed by atoms with Crippen LogP contribution in [-0.4, -0.2) is 11.0 Å². The summed E-state index contributed by atoms with van der Waals surface area (Å²) >= 11 is 0. The number of hydrogen-bond donors (Lipinski definition) is 3. The lowest BCUT2D eigenvalue weighted by Gasteiger charge is -2.15. The first-order chi connectivity index (χ1) is 9.47. The van der Waals surface area contributed by atoms with Crippen LogP contribution in [0.2, 0.25) is 0 Å². The van der Waals surface area contributed by atoms with Gasteiger partial charge in [-0.2, -0.15) is 0 Å². The van der Waals surface area contributed by atoms with Crippen molar-refractivity contribution >= 4 is 11.6 Å². The fraction of sp³-hybridized carbons (Fsp3) is 0.133. The number of carbonyl (C=O) groups excluding carboxylic acids is 1. The second-order valence-corrected chi connectivity index (χ2v) is 4.52. The molecule has 2 rings (SSSR count). The third-order valence-corrected chi connectivity index (χ3v) is 2.98. The lowest BCUT2D eigenvalue weighted by molar-refractivity contribution is 0.0940. The largest absolute Gasteiger partial charge is 0.508 e. The van der Waals surface area contributed by atoms with Crippen LogP contribution >= 0.6 is 0 Å². The number of nitrogens with one attached hydrogen (secondary N) is 1. The number of nitrogen functional groups attached to an aromatic ring is 1. The molecule has 0 aliphatic carbocycles. The van der Waals surface area contributed by atoms with Crippen LogP contribution in [0.25, 0.3) is 0 Å². The number of benzene rings is 2. The molecule has 0 heterocycles. The average Bonchev–Trinajstić information content (AvgIpc) is 2.41. The molecule has 0 bridgehead atoms. The van der Waals surface area contributed by atoms with E-state index in [2.05, 4.69) is 5.32 Å². The Morgan fingerprint density at radius 2 is 2.05 bits per heavy atom. The second-order valence-electron chi connectivity index (χ2n) is 4.52. The van der Waals surface area contributed by atoms with Crippen LogP contribution in [0.4, 0.5) is 10.1 Å². The van der Waals surface area contributed by atoms with E-state index in [1.54, 1.807) is 19.1 Å². The summed E-state index contributed by atoms with van der Waals surface area (Å²) in [5.41, 5.74) is 6.81. The van der Waals surface area contributed by atoms with Gasteiger partial charge in [0.2, 0.25) is 0 Å². The van der Waals surface area contributed by atoms with Gasteiger partial charge in [-0.05, 0) is 42.8 Å². The van der Waals surface area contributed by atoms with Crippen LogP contribution in [0.1, 0.15) is 28.9 Å². The minimum atomic E-state index is -0.421. The molecule has 0 radical (unpaired) electrons. The number of phenols is 1. The molecule has 4 nitrogen and oxygen atoms in total. The summed E-state index contributed by atoms with van der Waals surface area (Å²) in [6, 6.07) is 9.78. The fourth-order valence-electron chi connectivity index (χ4n) is 1.87. The molecule has 0 aliphatic heterocycles. The summed E-state index contributed by atoms with van der Waals surface area (Å²) in [5, 5.41) is 12.1. The van der Waals surface area contributed by atoms with E-state index in [1.165, 1.54) is 30.3 Å². The van der Waals surface area contributed by atoms with Crippen molar-refractivity contribution in [3.05, 3.63) is 59.4 Å². The van der Waals surface area contributed by atoms with Crippen molar-refractivity contribution in [2.24, 2.45) is 0 Å². The lowest BCUT2D eigenvalue weighted by atomic mass is 10.1. The molecule has 1 unspecified atom stereocenters. The number of anilines is 1. The summed E-state index contributed by atoms with van der Waals surface area (Å²) in [6.45, 7) is 1.74. The molecule has 5 heteroatoms. The molecule has 0 aromatic heterocycles. The van der Waals surface area contributed by atoms with Gasteiger partial charge in [0.05, 0.1) is 11.6 Å². The molecule has 20 heavy (non-hydrogen) atoms. The quantitative estimate of drug-likeness (QED) is 0.595. The van der Waals surface area contributed by atoms with Crippen molar-refractivity contribution in [2.45, 2.75) is 13.0 Å². The van der Waals surface area contributed by atoms with Crippen molar-refractivity contribution in [2.75, 3.05) is 5.73 Å². The Kier molecular flexibility index (Phi) is 3.89. The second kappa shape index (κ2) is 5.61. The number of carbonyl (C=O) groups is 1. The normalized spacial score (nSPS) is 11.9. The van der Waals surface area contributed by atoms with Gasteiger partial charge in [-0.3, -0.25) is 4.79 Å². The van der Waals surface area contributed by atoms with E-state index in [0.717, 1.165) is 0 Å². The number of aromatic hydroxyl groups is 1. The smallest absolute Gasteiger partial charge is 0.253 e. The van der Waals surface area contributed by atoms with Crippen LogP contribution < -0.4 is 11.1 Å². The highest BCUT2D eigenvalue weighted by Gasteiger charge is 2.14. The Morgan fingerprint density at radius 3 is 2.75 bits per heavy atom. The predicted octanol–water partition coefficient (Wildman–Crippen LogP) is 2.60. The highest BCUT2D eigenvalue weighted by Crippen LogP contribution is 2.20. The highest BCUT2D eigenvalue weighted by atomic mass is 19.1. The summed E-state index contributed by atoms with van der Waals surface area (Å²) < 4.78 is 13.1. The van der Waals surface area contributed by atoms with E-state index in [0.29, 0.717) is 5.56 Å². The van der Waals surface area contributed by atoms with Crippen LogP contribution in [-0.2, 0) is 0 Å². The average molecular weight is 274 g/mol. The van der Waals surface area contributed by atoms with Gasteiger partial charge in [0.1, 0.15) is 11.6 Å². The van der Waals surface area contributed by atoms with Crippen molar-refractivity contribution in [1.82, 2.24) is 5.32 Å². The zero-order valence-corrected chi connectivity index (χ0v) is 10.9. The predicted molar refractivity (Wildman–Crippen MR) is 74.8 cm³/mol. The number of nitrogens with two attached hydrogens (primary N) is 1. The van der Waals surface area contributed by atoms with Crippen molar-refractivity contribution in [3.8, 4) is 5.75 Å². The van der Waals surface area contributed by atoms with Gasteiger partial charge in [0.25, 0.3) is 5.91 Å². The van der Waals surface area contributed by atoms with E-state index in [9.17, 15) is 14.3 Å². The lowest BCUT2D eigenvalue weighted by Crippen LogP contribution is -2.27. The van der Waals surface area contributed by atoms with Gasteiger partial charge >= 0.3 is 0 Å². The highest BCUT2D eigenvalue weighted by molar-refractivity contribution is 5.99. The molecule has 0 spiro atoms. The molecule has 1 amide bonds. The van der Waals surface area contributed by atoms with Crippen molar-refractivity contribution in [3.63, 3.8) is 0 Å². The van der Waals surface area contributed by atoms with E-state index >= 15 is 0 Å². The van der Waals surface area contributed by atoms with Crippen molar-refractivity contribution < 1.29 is 14.3 Å². The number of halogens is 1. The molecular formula is C15H15FN2O2. The number of rotatable bonds is 3. The third kappa shape index (κ3) is 3.06. The summed E-state index contributed by atoms with van der Waals surface area (Å²) in [7, 11) is 0. The van der Waals surface area contributed by atoms with E-state index < -0.39 is 5.91 Å². The molecule has 104 valence electrons. The molecular weight excluding hydrogens is 259 g/mol. The van der Waals surface area contributed by atoms with Gasteiger partial charge < -0.3 is 16.2 Å². The number of phenolic OH excluding ortho intramolecular Hbond substituents is 1. The van der Waals surface area contributed by atoms with Gasteiger partial charge in [-0.15, -0.1) is 0 Å². The molecule has 2 aromatic carbocycles. The zero-order valence-electron chi connectivity index (χ0n) is 10.9. The molecule has 0 fully saturated rings. The van der Waals surface area contributed by atoms with Gasteiger partial charge in [0.15, 0.2) is 0 Å². The molecule has 0 saturated heterocycles. The standard InChI is InChI=1S/C15H15FN2O2/c1-9(10-3-2-4-11(16)7-10)18-15(20)13-8-12(19)5-6-14(13)17/h2-9,19H,17H2,1H3,(H,18,20). The summed E-state index contributed by atoms with van der Waals surface area (Å²) in [4.78, 5) is 12.1. The van der Waals surface area contributed by atoms with Crippen molar-refractivity contribution in [1.29, 1.82) is 0 Å². The summed E-state index contributed by atoms with van der Waals surface area (Å²) in [6.07, 6.45) is 0. The van der Waals surface area contributed by atoms with Crippen LogP contribution in [0, 0.1) is 5.82 Å². The van der Waals surface area contributed by atoms with Crippen LogP contribution in [0.5, 0.6) is 5.75 Å². The van der Waals surface area contributed by atoms with Gasteiger partial charge in [-0.1, -0.05) is 12.1 Å². The number of hydrogen-bond acceptors (Lipinski definition) is 3. The topological polar surface area (TPSA) is 75.3 Å². The van der Waals surface area contributed by atoms with Crippen LogP contribution in [0.15, 0.2) is 42.5 Å². The first kappa shape index (κ1) is 13.9. The summed E-state index contributed by atoms with van der Waals surface area (Å²) in [5.74, 6) is -0.821. The fourth-order valence-corrected chi connectivity index (χ4v) is 1.87.